The van der Waals surface area contributed by atoms with E-state index in [0.29, 0.717) is 38.4 Å². The number of H-pyrrole nitrogens is 1. The molecule has 0 saturated heterocycles. The summed E-state index contributed by atoms with van der Waals surface area (Å²) in [5.74, 6) is -0.315. The lowest BCUT2D eigenvalue weighted by atomic mass is 10.1. The molecule has 1 N–H and O–H groups in total. The highest BCUT2D eigenvalue weighted by molar-refractivity contribution is 6.31. The normalized spacial score (nSPS) is 13.6. The summed E-state index contributed by atoms with van der Waals surface area (Å²) in [6.07, 6.45) is 2.00. The van der Waals surface area contributed by atoms with Crippen LogP contribution in [-0.2, 0) is 11.3 Å². The molecule has 0 amide bonds. The molecule has 0 unspecified atom stereocenters. The van der Waals surface area contributed by atoms with Crippen molar-refractivity contribution in [3.8, 4) is 0 Å². The first-order valence-electron chi connectivity index (χ1n) is 10.0. The topological polar surface area (TPSA) is 81.2 Å². The molecule has 6 nitrogen and oxygen atoms in total. The lowest BCUT2D eigenvalue weighted by Crippen LogP contribution is -2.19. The number of hydrogen-bond donors (Lipinski definition) is 1. The summed E-state index contributed by atoms with van der Waals surface area (Å²) in [4.78, 5) is 41.2. The third-order valence-electron chi connectivity index (χ3n) is 5.60. The van der Waals surface area contributed by atoms with Crippen molar-refractivity contribution in [1.82, 2.24) is 9.55 Å². The minimum Gasteiger partial charge on any atom is -0.462 e. The molecule has 0 aliphatic heterocycles. The van der Waals surface area contributed by atoms with Crippen LogP contribution in [0.2, 0.25) is 5.02 Å². The van der Waals surface area contributed by atoms with Crippen molar-refractivity contribution in [3.63, 3.8) is 0 Å². The Kier molecular flexibility index (Phi) is 5.28. The fraction of sp³-hybridized carbons (Fsp3) is 0.348. The third kappa shape index (κ3) is 3.56. The molecule has 3 aromatic rings. The number of benzene rings is 1. The number of ketones is 1. The zero-order chi connectivity index (χ0) is 21.6. The van der Waals surface area contributed by atoms with Gasteiger partial charge in [0.15, 0.2) is 11.2 Å². The summed E-state index contributed by atoms with van der Waals surface area (Å²) < 4.78 is 7.03. The molecule has 1 aromatic carbocycles. The van der Waals surface area contributed by atoms with Crippen molar-refractivity contribution >= 4 is 34.3 Å². The fourth-order valence-corrected chi connectivity index (χ4v) is 4.20. The quantitative estimate of drug-likeness (QED) is 0.463. The van der Waals surface area contributed by atoms with E-state index in [1.165, 1.54) is 0 Å². The molecule has 4 rings (SSSR count). The third-order valence-corrected chi connectivity index (χ3v) is 5.83. The van der Waals surface area contributed by atoms with Crippen LogP contribution in [0.3, 0.4) is 0 Å². The number of nitrogens with zero attached hydrogens (tertiary/aromatic N) is 1. The Labute approximate surface area is 178 Å². The second-order valence-electron chi connectivity index (χ2n) is 7.72. The Hall–Kier alpha value is -2.86. The van der Waals surface area contributed by atoms with Crippen molar-refractivity contribution in [1.29, 1.82) is 0 Å². The Morgan fingerprint density at radius 3 is 2.63 bits per heavy atom. The van der Waals surface area contributed by atoms with Crippen LogP contribution in [0.4, 0.5) is 0 Å². The Morgan fingerprint density at radius 2 is 1.97 bits per heavy atom. The Morgan fingerprint density at radius 1 is 1.23 bits per heavy atom. The Bertz CT molecular complexity index is 1230. The van der Waals surface area contributed by atoms with Gasteiger partial charge in [0.25, 0.3) is 0 Å². The molecule has 1 aliphatic carbocycles. The lowest BCUT2D eigenvalue weighted by molar-refractivity contribution is 0.0525. The van der Waals surface area contributed by atoms with Crippen molar-refractivity contribution in [2.45, 2.75) is 46.1 Å². The number of esters is 1. The van der Waals surface area contributed by atoms with Gasteiger partial charge in [0.05, 0.1) is 29.9 Å². The molecule has 1 fully saturated rings. The number of carbonyl (C=O) groups excluding carboxylic acids is 2. The first kappa shape index (κ1) is 20.4. The van der Waals surface area contributed by atoms with Crippen molar-refractivity contribution in [3.05, 3.63) is 67.7 Å². The summed E-state index contributed by atoms with van der Waals surface area (Å²) in [5, 5.41) is 0.970. The number of ether oxygens (including phenoxy) is 1. The molecule has 0 atom stereocenters. The van der Waals surface area contributed by atoms with Gasteiger partial charge >= 0.3 is 5.97 Å². The average molecular weight is 427 g/mol. The lowest BCUT2D eigenvalue weighted by Gasteiger charge is -2.16. The van der Waals surface area contributed by atoms with Crippen molar-refractivity contribution < 1.29 is 14.3 Å². The number of Topliss-reactive ketones (excluding diaryl/α,β-unsaturated/α-hetero) is 1. The smallest absolute Gasteiger partial charge is 0.340 e. The molecule has 30 heavy (non-hydrogen) atoms. The molecule has 156 valence electrons. The van der Waals surface area contributed by atoms with Gasteiger partial charge in [0, 0.05) is 27.9 Å². The van der Waals surface area contributed by atoms with Gasteiger partial charge in [-0.25, -0.2) is 4.79 Å². The maximum Gasteiger partial charge on any atom is 0.340 e. The number of aromatic nitrogens is 2. The van der Waals surface area contributed by atoms with Gasteiger partial charge in [-0.15, -0.1) is 0 Å². The molecule has 0 spiro atoms. The van der Waals surface area contributed by atoms with Crippen LogP contribution in [0.5, 0.6) is 0 Å². The zero-order valence-corrected chi connectivity index (χ0v) is 17.9. The number of rotatable bonds is 6. The summed E-state index contributed by atoms with van der Waals surface area (Å²) in [5.41, 5.74) is 3.45. The van der Waals surface area contributed by atoms with E-state index < -0.39 is 5.97 Å². The SMILES string of the molecule is CCOC(=O)c1c(C)[nH]c(C(=O)Cn2c(C3CC3)cc(=O)c3cc(Cl)ccc32)c1C. The van der Waals surface area contributed by atoms with E-state index in [0.717, 1.165) is 18.5 Å². The van der Waals surface area contributed by atoms with E-state index in [1.807, 2.05) is 4.57 Å². The maximum absolute atomic E-state index is 13.3. The summed E-state index contributed by atoms with van der Waals surface area (Å²) in [6.45, 7) is 5.57. The van der Waals surface area contributed by atoms with Crippen molar-refractivity contribution in [2.24, 2.45) is 0 Å². The van der Waals surface area contributed by atoms with E-state index in [1.54, 1.807) is 45.0 Å². The first-order chi connectivity index (χ1) is 14.3. The number of nitrogens with one attached hydrogen (secondary N) is 1. The number of halogens is 1. The van der Waals surface area contributed by atoms with E-state index in [4.69, 9.17) is 16.3 Å². The second kappa shape index (κ2) is 7.76. The predicted octanol–water partition coefficient (Wildman–Crippen LogP) is 4.54. The molecule has 2 heterocycles. The van der Waals surface area contributed by atoms with Crippen LogP contribution in [0.15, 0.2) is 29.1 Å². The highest BCUT2D eigenvalue weighted by Crippen LogP contribution is 2.40. The van der Waals surface area contributed by atoms with E-state index in [2.05, 4.69) is 4.98 Å². The van der Waals surface area contributed by atoms with Gasteiger partial charge in [-0.3, -0.25) is 9.59 Å². The number of aryl methyl sites for hydroxylation is 1. The molecule has 0 radical (unpaired) electrons. The minimum atomic E-state index is -0.440. The number of hydrogen-bond acceptors (Lipinski definition) is 4. The zero-order valence-electron chi connectivity index (χ0n) is 17.2. The molecule has 7 heteroatoms. The number of fused-ring (bicyclic) bond motifs is 1. The monoisotopic (exact) mass is 426 g/mol. The average Bonchev–Trinajstić information content (AvgIpc) is 3.49. The highest BCUT2D eigenvalue weighted by Gasteiger charge is 2.29. The predicted molar refractivity (Wildman–Crippen MR) is 116 cm³/mol. The maximum atomic E-state index is 13.3. The van der Waals surface area contributed by atoms with Gasteiger partial charge in [-0.2, -0.15) is 0 Å². The number of pyridine rings is 1. The first-order valence-corrected chi connectivity index (χ1v) is 10.4. The number of carbonyl (C=O) groups is 2. The van der Waals surface area contributed by atoms with Gasteiger partial charge in [0.1, 0.15) is 0 Å². The van der Waals surface area contributed by atoms with Crippen molar-refractivity contribution in [2.75, 3.05) is 6.61 Å². The summed E-state index contributed by atoms with van der Waals surface area (Å²) >= 11 is 6.09. The second-order valence-corrected chi connectivity index (χ2v) is 8.16. The van der Waals surface area contributed by atoms with Gasteiger partial charge < -0.3 is 14.3 Å². The fourth-order valence-electron chi connectivity index (χ4n) is 4.02. The summed E-state index contributed by atoms with van der Waals surface area (Å²) in [6, 6.07) is 6.78. The van der Waals surface area contributed by atoms with Gasteiger partial charge in [-0.05, 0) is 63.3 Å². The molecular formula is C23H23ClN2O4. The van der Waals surface area contributed by atoms with Crippen LogP contribution >= 0.6 is 11.6 Å². The van der Waals surface area contributed by atoms with Crippen LogP contribution in [0.25, 0.3) is 10.9 Å². The van der Waals surface area contributed by atoms with Crippen LogP contribution < -0.4 is 5.43 Å². The van der Waals surface area contributed by atoms with Crippen LogP contribution in [-0.4, -0.2) is 27.9 Å². The van der Waals surface area contributed by atoms with E-state index in [-0.39, 0.29) is 30.3 Å². The molecular weight excluding hydrogens is 404 g/mol. The molecule has 1 aliphatic rings. The summed E-state index contributed by atoms with van der Waals surface area (Å²) in [7, 11) is 0. The molecule has 1 saturated carbocycles. The van der Waals surface area contributed by atoms with Crippen LogP contribution in [0.1, 0.15) is 63.5 Å². The number of aromatic amines is 1. The van der Waals surface area contributed by atoms with E-state index in [9.17, 15) is 14.4 Å². The largest absolute Gasteiger partial charge is 0.462 e. The molecule has 0 bridgehead atoms. The van der Waals surface area contributed by atoms with Gasteiger partial charge in [-0.1, -0.05) is 11.6 Å². The Balaban J connectivity index is 1.78. The van der Waals surface area contributed by atoms with E-state index >= 15 is 0 Å². The van der Waals surface area contributed by atoms with Crippen LogP contribution in [0, 0.1) is 13.8 Å². The van der Waals surface area contributed by atoms with Gasteiger partial charge in [0.2, 0.25) is 0 Å². The minimum absolute atomic E-state index is 0.0628. The standard InChI is InChI=1S/C23H23ClN2O4/c1-4-30-23(29)21-12(2)22(25-13(21)3)20(28)11-26-17-8-7-15(24)9-16(17)19(27)10-18(26)14-5-6-14/h7-10,14,25H,4-6,11H2,1-3H3. The highest BCUT2D eigenvalue weighted by atomic mass is 35.5. The molecule has 2 aromatic heterocycles.